The van der Waals surface area contributed by atoms with Crippen LogP contribution in [-0.4, -0.2) is 66.5 Å². The molecule has 0 bridgehead atoms. The molecule has 0 spiro atoms. The summed E-state index contributed by atoms with van der Waals surface area (Å²) in [5, 5.41) is 0. The number of rotatable bonds is 5. The van der Waals surface area contributed by atoms with Crippen LogP contribution in [0.3, 0.4) is 0 Å². The Morgan fingerprint density at radius 3 is 2.35 bits per heavy atom. The third kappa shape index (κ3) is 6.48. The summed E-state index contributed by atoms with van der Waals surface area (Å²) < 4.78 is 36.4. The van der Waals surface area contributed by atoms with E-state index in [-0.39, 0.29) is 70.1 Å². The molecule has 1 aromatic rings. The molecule has 1 saturated heterocycles. The quantitative estimate of drug-likeness (QED) is 0.312. The molecule has 11 heteroatoms. The monoisotopic (exact) mass is 370 g/mol. The number of carbonyl (C=O) groups excluding carboxylic acids is 2. The van der Waals surface area contributed by atoms with Crippen LogP contribution in [0.5, 0.6) is 0 Å². The first-order valence-electron chi connectivity index (χ1n) is 6.57. The fourth-order valence-corrected chi connectivity index (χ4v) is 3.43. The summed E-state index contributed by atoms with van der Waals surface area (Å²) in [4.78, 5) is 27.1. The van der Waals surface area contributed by atoms with Crippen molar-refractivity contribution in [1.29, 1.82) is 0 Å². The Hall–Kier alpha value is -0.520. The van der Waals surface area contributed by atoms with Gasteiger partial charge in [0.25, 0.3) is 5.91 Å². The summed E-state index contributed by atoms with van der Waals surface area (Å²) in [5.74, 6) is -0.237. The smallest absolute Gasteiger partial charge is 0.739 e. The number of nitrogens with zero attached hydrogens (tertiary/aromatic N) is 2. The molecular formula is C12H15N2NaO6S2. The fraction of sp³-hybridized carbons (Fsp3) is 0.500. The Morgan fingerprint density at radius 2 is 1.83 bits per heavy atom. The van der Waals surface area contributed by atoms with Gasteiger partial charge >= 0.3 is 29.6 Å². The number of furan rings is 1. The van der Waals surface area contributed by atoms with Gasteiger partial charge in [-0.1, -0.05) is 0 Å². The summed E-state index contributed by atoms with van der Waals surface area (Å²) in [7, 11) is -4.14. The maximum Gasteiger partial charge on any atom is 1.00 e. The Labute approximate surface area is 160 Å². The second-order valence-corrected chi connectivity index (χ2v) is 8.02. The summed E-state index contributed by atoms with van der Waals surface area (Å²) in [5.41, 5.74) is 0. The van der Waals surface area contributed by atoms with Crippen molar-refractivity contribution in [2.75, 3.05) is 31.9 Å². The summed E-state index contributed by atoms with van der Waals surface area (Å²) in [6.45, 7) is 1.52. The number of hydrogen-bond acceptors (Lipinski definition) is 7. The first-order valence-corrected chi connectivity index (χ1v) is 9.49. The average Bonchev–Trinajstić information content (AvgIpc) is 2.99. The SMILES string of the molecule is O=C(CCSS(=O)(=O)[O-])N1CCN(C(=O)c2ccco2)CC1.[Na+]. The van der Waals surface area contributed by atoms with Crippen LogP contribution in [0.1, 0.15) is 17.0 Å². The van der Waals surface area contributed by atoms with Crippen LogP contribution in [0.2, 0.25) is 0 Å². The predicted octanol–water partition coefficient (Wildman–Crippen LogP) is -2.85. The molecule has 0 aromatic carbocycles. The van der Waals surface area contributed by atoms with Crippen molar-refractivity contribution in [3.8, 4) is 0 Å². The molecule has 1 aromatic heterocycles. The summed E-state index contributed by atoms with van der Waals surface area (Å²) in [6.07, 6.45) is 1.41. The normalized spacial score (nSPS) is 15.2. The molecule has 2 rings (SSSR count). The van der Waals surface area contributed by atoms with E-state index in [0.29, 0.717) is 26.2 Å². The molecule has 2 amide bonds. The third-order valence-electron chi connectivity index (χ3n) is 3.20. The van der Waals surface area contributed by atoms with Gasteiger partial charge in [-0.15, -0.1) is 0 Å². The minimum atomic E-state index is -4.36. The van der Waals surface area contributed by atoms with Gasteiger partial charge in [0.05, 0.1) is 6.26 Å². The third-order valence-corrected chi connectivity index (χ3v) is 5.22. The molecule has 1 aliphatic heterocycles. The van der Waals surface area contributed by atoms with E-state index in [1.54, 1.807) is 21.9 Å². The molecule has 1 aliphatic rings. The van der Waals surface area contributed by atoms with Gasteiger partial charge in [-0.25, -0.2) is 8.42 Å². The van der Waals surface area contributed by atoms with E-state index in [0.717, 1.165) is 0 Å². The largest absolute Gasteiger partial charge is 1.00 e. The van der Waals surface area contributed by atoms with E-state index in [9.17, 15) is 22.6 Å². The van der Waals surface area contributed by atoms with Crippen LogP contribution in [0, 0.1) is 0 Å². The van der Waals surface area contributed by atoms with Crippen molar-refractivity contribution < 1.29 is 56.5 Å². The number of amides is 2. The van der Waals surface area contributed by atoms with Gasteiger partial charge in [0.15, 0.2) is 5.76 Å². The minimum absolute atomic E-state index is 0. The van der Waals surface area contributed by atoms with Gasteiger partial charge in [-0.05, 0) is 22.9 Å². The molecule has 122 valence electrons. The van der Waals surface area contributed by atoms with Crippen LogP contribution >= 0.6 is 10.8 Å². The number of piperazine rings is 1. The number of carbonyl (C=O) groups is 2. The molecule has 0 atom stereocenters. The van der Waals surface area contributed by atoms with Gasteiger partial charge in [0.1, 0.15) is 9.15 Å². The molecule has 0 unspecified atom stereocenters. The number of hydrogen-bond donors (Lipinski definition) is 0. The van der Waals surface area contributed by atoms with Crippen molar-refractivity contribution in [2.45, 2.75) is 6.42 Å². The Kier molecular flexibility index (Phi) is 8.11. The van der Waals surface area contributed by atoms with Crippen LogP contribution < -0.4 is 29.6 Å². The van der Waals surface area contributed by atoms with Gasteiger partial charge in [-0.2, -0.15) is 0 Å². The van der Waals surface area contributed by atoms with E-state index in [4.69, 9.17) is 4.42 Å². The second-order valence-electron chi connectivity index (χ2n) is 4.63. The Balaban J connectivity index is 0.00000264. The molecule has 1 fully saturated rings. The maximum absolute atomic E-state index is 12.0. The second kappa shape index (κ2) is 9.09. The van der Waals surface area contributed by atoms with E-state index >= 15 is 0 Å². The molecule has 0 aliphatic carbocycles. The summed E-state index contributed by atoms with van der Waals surface area (Å²) >= 11 is 0. The Bertz CT molecular complexity index is 626. The topological polar surface area (TPSA) is 111 Å². The Morgan fingerprint density at radius 1 is 1.22 bits per heavy atom. The van der Waals surface area contributed by atoms with Gasteiger partial charge in [0, 0.05) is 38.4 Å². The van der Waals surface area contributed by atoms with Crippen molar-refractivity contribution in [3.05, 3.63) is 24.2 Å². The van der Waals surface area contributed by atoms with E-state index in [2.05, 4.69) is 0 Å². The molecule has 0 radical (unpaired) electrons. The van der Waals surface area contributed by atoms with Gasteiger partial charge in [-0.3, -0.25) is 9.59 Å². The zero-order valence-corrected chi connectivity index (χ0v) is 16.3. The summed E-state index contributed by atoms with van der Waals surface area (Å²) in [6, 6.07) is 3.22. The molecule has 0 N–H and O–H groups in total. The zero-order valence-electron chi connectivity index (χ0n) is 12.6. The molecule has 2 heterocycles. The average molecular weight is 370 g/mol. The molecule has 23 heavy (non-hydrogen) atoms. The van der Waals surface area contributed by atoms with E-state index in [1.807, 2.05) is 0 Å². The first kappa shape index (κ1) is 20.5. The van der Waals surface area contributed by atoms with E-state index in [1.165, 1.54) is 6.26 Å². The van der Waals surface area contributed by atoms with Crippen molar-refractivity contribution in [2.24, 2.45) is 0 Å². The predicted molar refractivity (Wildman–Crippen MR) is 78.0 cm³/mol. The standard InChI is InChI=1S/C12H16N2O6S2.Na/c15-11(3-9-21-22(17,18)19)13-4-6-14(7-5-13)12(16)10-2-1-8-20-10;/h1-2,8H,3-7,9H2,(H,17,18,19);/q;+1/p-1. The zero-order chi connectivity index (χ0) is 16.2. The fourth-order valence-electron chi connectivity index (χ4n) is 2.10. The first-order chi connectivity index (χ1) is 10.4. The van der Waals surface area contributed by atoms with Crippen LogP contribution in [0.15, 0.2) is 22.8 Å². The maximum atomic E-state index is 12.0. The van der Waals surface area contributed by atoms with Crippen molar-refractivity contribution in [3.63, 3.8) is 0 Å². The minimum Gasteiger partial charge on any atom is -0.739 e. The molecular weight excluding hydrogens is 355 g/mol. The van der Waals surface area contributed by atoms with Gasteiger partial charge < -0.3 is 18.8 Å². The van der Waals surface area contributed by atoms with Crippen LogP contribution in [-0.2, 0) is 13.9 Å². The molecule has 8 nitrogen and oxygen atoms in total. The van der Waals surface area contributed by atoms with Crippen molar-refractivity contribution >= 4 is 31.8 Å². The van der Waals surface area contributed by atoms with Crippen LogP contribution in [0.25, 0.3) is 0 Å². The molecule has 0 saturated carbocycles. The van der Waals surface area contributed by atoms with Gasteiger partial charge in [0.2, 0.25) is 5.91 Å². The van der Waals surface area contributed by atoms with Crippen LogP contribution in [0.4, 0.5) is 0 Å². The van der Waals surface area contributed by atoms with Crippen molar-refractivity contribution in [1.82, 2.24) is 9.80 Å². The van der Waals surface area contributed by atoms with E-state index < -0.39 is 9.15 Å².